The van der Waals surface area contributed by atoms with Crippen LogP contribution >= 0.6 is 0 Å². The van der Waals surface area contributed by atoms with Crippen LogP contribution in [0, 0.1) is 12.8 Å². The Labute approximate surface area is 136 Å². The fourth-order valence-corrected chi connectivity index (χ4v) is 2.41. The summed E-state index contributed by atoms with van der Waals surface area (Å²) in [5.41, 5.74) is 1.59. The molecule has 0 aliphatic heterocycles. The summed E-state index contributed by atoms with van der Waals surface area (Å²) < 4.78 is 2.02. The molecule has 1 rings (SSSR count). The van der Waals surface area contributed by atoms with Crippen LogP contribution in [-0.4, -0.2) is 27.0 Å². The van der Waals surface area contributed by atoms with Gasteiger partial charge in [0.15, 0.2) is 0 Å². The Morgan fingerprint density at radius 2 is 1.82 bits per heavy atom. The van der Waals surface area contributed by atoms with Gasteiger partial charge in [-0.2, -0.15) is 5.10 Å². The minimum Gasteiger partial charge on any atom is -0.389 e. The van der Waals surface area contributed by atoms with Gasteiger partial charge in [-0.05, 0) is 60.3 Å². The Balaban J connectivity index is 2.66. The molecule has 1 heterocycles. The molecule has 0 aliphatic carbocycles. The van der Waals surface area contributed by atoms with Crippen molar-refractivity contribution in [1.29, 1.82) is 0 Å². The Bertz CT molecular complexity index is 469. The molecule has 1 aromatic rings. The summed E-state index contributed by atoms with van der Waals surface area (Å²) in [6, 6.07) is 0.182. The van der Waals surface area contributed by atoms with Crippen molar-refractivity contribution in [2.45, 2.75) is 85.4 Å². The second-order valence-electron chi connectivity index (χ2n) is 8.32. The number of aryl methyl sites for hydroxylation is 1. The standard InChI is InChI=1S/C18H35N3O/c1-13(2)9-10-18(8,22)12-19-14(3)16-11-21(17(5,6)7)20-15(16)4/h11,13-14,19,22H,9-10,12H2,1-8H3. The highest BCUT2D eigenvalue weighted by atomic mass is 16.3. The quantitative estimate of drug-likeness (QED) is 0.806. The Kier molecular flexibility index (Phi) is 6.22. The highest BCUT2D eigenvalue weighted by Gasteiger charge is 2.23. The fourth-order valence-electron chi connectivity index (χ4n) is 2.41. The first kappa shape index (κ1) is 19.2. The molecule has 0 spiro atoms. The molecule has 2 atom stereocenters. The first-order valence-corrected chi connectivity index (χ1v) is 8.45. The molecule has 0 amide bonds. The maximum absolute atomic E-state index is 10.5. The molecular formula is C18H35N3O. The van der Waals surface area contributed by atoms with Gasteiger partial charge in [0.1, 0.15) is 0 Å². The van der Waals surface area contributed by atoms with Gasteiger partial charge in [-0.15, -0.1) is 0 Å². The lowest BCUT2D eigenvalue weighted by atomic mass is 9.95. The third kappa shape index (κ3) is 5.73. The summed E-state index contributed by atoms with van der Waals surface area (Å²) in [4.78, 5) is 0. The van der Waals surface area contributed by atoms with Gasteiger partial charge in [0.2, 0.25) is 0 Å². The number of aliphatic hydroxyl groups is 1. The summed E-state index contributed by atoms with van der Waals surface area (Å²) in [5.74, 6) is 0.621. The second kappa shape index (κ2) is 7.14. The van der Waals surface area contributed by atoms with Crippen molar-refractivity contribution in [3.63, 3.8) is 0 Å². The van der Waals surface area contributed by atoms with Crippen molar-refractivity contribution < 1.29 is 5.11 Å². The molecule has 4 heteroatoms. The highest BCUT2D eigenvalue weighted by Crippen LogP contribution is 2.22. The van der Waals surface area contributed by atoms with Crippen LogP contribution in [0.4, 0.5) is 0 Å². The second-order valence-corrected chi connectivity index (χ2v) is 8.32. The number of hydrogen-bond donors (Lipinski definition) is 2. The van der Waals surface area contributed by atoms with Crippen LogP contribution in [-0.2, 0) is 5.54 Å². The summed E-state index contributed by atoms with van der Waals surface area (Å²) in [6.07, 6.45) is 3.99. The summed E-state index contributed by atoms with van der Waals surface area (Å²) in [7, 11) is 0. The predicted octanol–water partition coefficient (Wildman–Crippen LogP) is 3.78. The molecule has 0 bridgehead atoms. The van der Waals surface area contributed by atoms with Crippen LogP contribution in [0.2, 0.25) is 0 Å². The fraction of sp³-hybridized carbons (Fsp3) is 0.833. The van der Waals surface area contributed by atoms with Crippen LogP contribution in [0.3, 0.4) is 0 Å². The maximum atomic E-state index is 10.5. The molecule has 0 saturated heterocycles. The number of nitrogens with one attached hydrogen (secondary N) is 1. The van der Waals surface area contributed by atoms with Gasteiger partial charge in [-0.25, -0.2) is 0 Å². The molecule has 2 unspecified atom stereocenters. The van der Waals surface area contributed by atoms with E-state index in [2.05, 4.69) is 58.2 Å². The third-order valence-electron chi connectivity index (χ3n) is 4.14. The molecule has 0 radical (unpaired) electrons. The lowest BCUT2D eigenvalue weighted by Gasteiger charge is -2.26. The van der Waals surface area contributed by atoms with Crippen LogP contribution < -0.4 is 5.32 Å². The van der Waals surface area contributed by atoms with Crippen molar-refractivity contribution in [3.8, 4) is 0 Å². The topological polar surface area (TPSA) is 50.1 Å². The number of rotatable bonds is 7. The summed E-state index contributed by atoms with van der Waals surface area (Å²) in [5, 5.41) is 18.6. The van der Waals surface area contributed by atoms with Gasteiger partial charge in [0, 0.05) is 24.3 Å². The van der Waals surface area contributed by atoms with E-state index < -0.39 is 5.60 Å². The number of aromatic nitrogens is 2. The zero-order valence-electron chi connectivity index (χ0n) is 15.7. The van der Waals surface area contributed by atoms with E-state index in [4.69, 9.17) is 0 Å². The zero-order chi connectivity index (χ0) is 17.1. The van der Waals surface area contributed by atoms with E-state index in [1.54, 1.807) is 0 Å². The van der Waals surface area contributed by atoms with E-state index in [9.17, 15) is 5.11 Å². The third-order valence-corrected chi connectivity index (χ3v) is 4.14. The Morgan fingerprint density at radius 3 is 2.27 bits per heavy atom. The molecule has 1 aromatic heterocycles. The van der Waals surface area contributed by atoms with Crippen molar-refractivity contribution in [1.82, 2.24) is 15.1 Å². The monoisotopic (exact) mass is 309 g/mol. The lowest BCUT2D eigenvalue weighted by Crippen LogP contribution is -2.39. The molecule has 0 aromatic carbocycles. The summed E-state index contributed by atoms with van der Waals surface area (Å²) >= 11 is 0. The SMILES string of the molecule is Cc1nn(C(C)(C)C)cc1C(C)NCC(C)(O)CCC(C)C. The molecule has 0 saturated carbocycles. The van der Waals surface area contributed by atoms with Gasteiger partial charge < -0.3 is 10.4 Å². The average molecular weight is 309 g/mol. The maximum Gasteiger partial charge on any atom is 0.0743 e. The van der Waals surface area contributed by atoms with Gasteiger partial charge >= 0.3 is 0 Å². The van der Waals surface area contributed by atoms with Crippen LogP contribution in [0.1, 0.15) is 78.6 Å². The van der Waals surface area contributed by atoms with E-state index in [1.807, 2.05) is 18.5 Å². The van der Waals surface area contributed by atoms with E-state index in [-0.39, 0.29) is 11.6 Å². The first-order chi connectivity index (χ1) is 9.92. The van der Waals surface area contributed by atoms with E-state index in [0.717, 1.165) is 18.5 Å². The molecule has 4 nitrogen and oxygen atoms in total. The molecule has 2 N–H and O–H groups in total. The van der Waals surface area contributed by atoms with Gasteiger partial charge in [-0.1, -0.05) is 13.8 Å². The summed E-state index contributed by atoms with van der Waals surface area (Å²) in [6.45, 7) is 17.5. The number of nitrogens with zero attached hydrogens (tertiary/aromatic N) is 2. The van der Waals surface area contributed by atoms with Crippen LogP contribution in [0.15, 0.2) is 6.20 Å². The molecule has 0 aliphatic rings. The van der Waals surface area contributed by atoms with Crippen molar-refractivity contribution >= 4 is 0 Å². The van der Waals surface area contributed by atoms with Crippen LogP contribution in [0.25, 0.3) is 0 Å². The normalized spacial score (nSPS) is 16.8. The minimum atomic E-state index is -0.660. The predicted molar refractivity (Wildman–Crippen MR) is 93.1 cm³/mol. The molecule has 22 heavy (non-hydrogen) atoms. The van der Waals surface area contributed by atoms with Crippen molar-refractivity contribution in [2.75, 3.05) is 6.54 Å². The Morgan fingerprint density at radius 1 is 1.23 bits per heavy atom. The largest absolute Gasteiger partial charge is 0.389 e. The van der Waals surface area contributed by atoms with E-state index >= 15 is 0 Å². The molecular weight excluding hydrogens is 274 g/mol. The average Bonchev–Trinajstić information content (AvgIpc) is 2.76. The molecule has 128 valence electrons. The van der Waals surface area contributed by atoms with Crippen molar-refractivity contribution in [3.05, 3.63) is 17.5 Å². The van der Waals surface area contributed by atoms with Crippen LogP contribution in [0.5, 0.6) is 0 Å². The van der Waals surface area contributed by atoms with Crippen molar-refractivity contribution in [2.24, 2.45) is 5.92 Å². The smallest absolute Gasteiger partial charge is 0.0743 e. The molecule has 0 fully saturated rings. The highest BCUT2D eigenvalue weighted by molar-refractivity contribution is 5.20. The van der Waals surface area contributed by atoms with Gasteiger partial charge in [-0.3, -0.25) is 4.68 Å². The number of hydrogen-bond acceptors (Lipinski definition) is 3. The van der Waals surface area contributed by atoms with E-state index in [1.165, 1.54) is 5.56 Å². The van der Waals surface area contributed by atoms with E-state index in [0.29, 0.717) is 12.5 Å². The Hall–Kier alpha value is -0.870. The first-order valence-electron chi connectivity index (χ1n) is 8.45. The van der Waals surface area contributed by atoms with Gasteiger partial charge in [0.25, 0.3) is 0 Å². The van der Waals surface area contributed by atoms with Gasteiger partial charge in [0.05, 0.1) is 16.8 Å². The minimum absolute atomic E-state index is 0.00845. The lowest BCUT2D eigenvalue weighted by molar-refractivity contribution is 0.0430. The zero-order valence-corrected chi connectivity index (χ0v) is 15.7.